The summed E-state index contributed by atoms with van der Waals surface area (Å²) in [7, 11) is 4.70. The Kier molecular flexibility index (Phi) is 3.95. The van der Waals surface area contributed by atoms with Crippen molar-refractivity contribution in [3.63, 3.8) is 0 Å². The molecule has 4 rings (SSSR count). The van der Waals surface area contributed by atoms with Crippen molar-refractivity contribution in [3.05, 3.63) is 35.9 Å². The smallest absolute Gasteiger partial charge is 0.316 e. The van der Waals surface area contributed by atoms with Crippen LogP contribution in [0.1, 0.15) is 56.9 Å². The van der Waals surface area contributed by atoms with Crippen LogP contribution in [0.4, 0.5) is 0 Å². The van der Waals surface area contributed by atoms with Crippen molar-refractivity contribution in [2.24, 2.45) is 0 Å². The molecule has 2 saturated heterocycles. The summed E-state index contributed by atoms with van der Waals surface area (Å²) in [6.07, 6.45) is 8.93. The lowest BCUT2D eigenvalue weighted by Gasteiger charge is -2.44. The van der Waals surface area contributed by atoms with Gasteiger partial charge in [-0.05, 0) is 18.4 Å². The van der Waals surface area contributed by atoms with Crippen molar-refractivity contribution in [2.45, 2.75) is 75.0 Å². The quantitative estimate of drug-likeness (QED) is 0.623. The van der Waals surface area contributed by atoms with Gasteiger partial charge in [0.2, 0.25) is 0 Å². The second-order valence-electron chi connectivity index (χ2n) is 8.67. The number of esters is 1. The molecule has 3 nitrogen and oxygen atoms in total. The van der Waals surface area contributed by atoms with E-state index in [1.54, 1.807) is 0 Å². The highest BCUT2D eigenvalue weighted by Gasteiger charge is 2.51. The van der Waals surface area contributed by atoms with Gasteiger partial charge in [-0.2, -0.15) is 0 Å². The number of quaternary nitrogens is 1. The second-order valence-corrected chi connectivity index (χ2v) is 8.67. The van der Waals surface area contributed by atoms with E-state index in [1.807, 2.05) is 18.2 Å². The molecule has 0 amide bonds. The van der Waals surface area contributed by atoms with E-state index in [-0.39, 0.29) is 17.5 Å². The number of nitrogens with zero attached hydrogens (tertiary/aromatic N) is 1. The summed E-state index contributed by atoms with van der Waals surface area (Å²) in [6.45, 7) is 0. The van der Waals surface area contributed by atoms with Gasteiger partial charge in [0, 0.05) is 25.7 Å². The molecule has 0 N–H and O–H groups in total. The highest BCUT2D eigenvalue weighted by molar-refractivity contribution is 5.83. The Morgan fingerprint density at radius 1 is 1.04 bits per heavy atom. The zero-order valence-electron chi connectivity index (χ0n) is 15.0. The van der Waals surface area contributed by atoms with Crippen molar-refractivity contribution in [2.75, 3.05) is 14.1 Å². The summed E-state index contributed by atoms with van der Waals surface area (Å²) in [6, 6.07) is 11.7. The predicted octanol–water partition coefficient (Wildman–Crippen LogP) is 3.81. The molecule has 2 aliphatic heterocycles. The average molecular weight is 328 g/mol. The lowest BCUT2D eigenvalue weighted by molar-refractivity contribution is -0.931. The highest BCUT2D eigenvalue weighted by atomic mass is 16.5. The standard InChI is InChI=1S/C21H30NO2/c1-22(2)17-10-11-18(22)15-19(14-17)24-20(23)21(12-6-7-13-21)16-8-4-3-5-9-16/h3-5,8-9,17-19H,6-7,10-15H2,1-2H3/q+1/t17-,18-/m0/s1. The summed E-state index contributed by atoms with van der Waals surface area (Å²) in [5, 5.41) is 0. The van der Waals surface area contributed by atoms with Gasteiger partial charge < -0.3 is 9.22 Å². The van der Waals surface area contributed by atoms with E-state index in [1.165, 1.54) is 12.8 Å². The van der Waals surface area contributed by atoms with Gasteiger partial charge in [0.05, 0.1) is 31.6 Å². The number of fused-ring (bicyclic) bond motifs is 2. The predicted molar refractivity (Wildman–Crippen MR) is 94.6 cm³/mol. The number of hydrogen-bond donors (Lipinski definition) is 0. The molecule has 0 unspecified atom stereocenters. The Balaban J connectivity index is 1.51. The third-order valence-corrected chi connectivity index (χ3v) is 7.23. The molecule has 2 bridgehead atoms. The molecule has 0 aromatic heterocycles. The number of hydrogen-bond acceptors (Lipinski definition) is 2. The van der Waals surface area contributed by atoms with Crippen molar-refractivity contribution in [1.29, 1.82) is 0 Å². The van der Waals surface area contributed by atoms with Crippen LogP contribution < -0.4 is 0 Å². The minimum Gasteiger partial charge on any atom is -0.461 e. The first-order valence-electron chi connectivity index (χ1n) is 9.62. The van der Waals surface area contributed by atoms with Crippen molar-refractivity contribution < 1.29 is 14.0 Å². The van der Waals surface area contributed by atoms with Gasteiger partial charge in [0.15, 0.2) is 0 Å². The lowest BCUT2D eigenvalue weighted by atomic mass is 9.79. The van der Waals surface area contributed by atoms with Crippen LogP contribution in [0.25, 0.3) is 0 Å². The van der Waals surface area contributed by atoms with Crippen LogP contribution in [0, 0.1) is 0 Å². The van der Waals surface area contributed by atoms with E-state index in [9.17, 15) is 4.79 Å². The molecule has 1 aromatic carbocycles. The lowest BCUT2D eigenvalue weighted by Crippen LogP contribution is -2.56. The Labute approximate surface area is 145 Å². The SMILES string of the molecule is C[N+]1(C)[C@H]2CC[C@H]1CC(OC(=O)C1(c3ccccc3)CCCC1)C2. The molecule has 24 heavy (non-hydrogen) atoms. The maximum Gasteiger partial charge on any atom is 0.316 e. The largest absolute Gasteiger partial charge is 0.461 e. The molecule has 130 valence electrons. The van der Waals surface area contributed by atoms with Crippen LogP contribution in [0.5, 0.6) is 0 Å². The van der Waals surface area contributed by atoms with E-state index in [4.69, 9.17) is 4.74 Å². The van der Waals surface area contributed by atoms with Crippen LogP contribution in [-0.4, -0.2) is 42.7 Å². The monoisotopic (exact) mass is 328 g/mol. The average Bonchev–Trinajstić information content (AvgIpc) is 3.09. The molecular formula is C21H30NO2+. The van der Waals surface area contributed by atoms with Crippen LogP contribution in [0.3, 0.4) is 0 Å². The fourth-order valence-corrected chi connectivity index (χ4v) is 5.54. The minimum atomic E-state index is -0.387. The molecule has 1 aromatic rings. The molecule has 0 spiro atoms. The highest BCUT2D eigenvalue weighted by Crippen LogP contribution is 2.45. The number of carbonyl (C=O) groups is 1. The molecule has 0 radical (unpaired) electrons. The van der Waals surface area contributed by atoms with Gasteiger partial charge >= 0.3 is 5.97 Å². The van der Waals surface area contributed by atoms with Crippen molar-refractivity contribution >= 4 is 5.97 Å². The Hall–Kier alpha value is -1.35. The Morgan fingerprint density at radius 2 is 1.62 bits per heavy atom. The molecule has 3 fully saturated rings. The van der Waals surface area contributed by atoms with Crippen LogP contribution in [0.15, 0.2) is 30.3 Å². The Bertz CT molecular complexity index is 588. The van der Waals surface area contributed by atoms with Gasteiger partial charge in [0.25, 0.3) is 0 Å². The minimum absolute atomic E-state index is 0.0443. The third-order valence-electron chi connectivity index (χ3n) is 7.23. The fourth-order valence-electron chi connectivity index (χ4n) is 5.54. The first-order valence-corrected chi connectivity index (χ1v) is 9.62. The summed E-state index contributed by atoms with van der Waals surface area (Å²) >= 11 is 0. The van der Waals surface area contributed by atoms with E-state index in [2.05, 4.69) is 26.2 Å². The summed E-state index contributed by atoms with van der Waals surface area (Å²) in [5.74, 6) is 0.0443. The number of ether oxygens (including phenoxy) is 1. The summed E-state index contributed by atoms with van der Waals surface area (Å²) in [4.78, 5) is 13.2. The third kappa shape index (κ3) is 2.48. The summed E-state index contributed by atoms with van der Waals surface area (Å²) in [5.41, 5.74) is 0.768. The molecule has 3 aliphatic rings. The van der Waals surface area contributed by atoms with E-state index in [0.29, 0.717) is 12.1 Å². The first-order chi connectivity index (χ1) is 11.5. The van der Waals surface area contributed by atoms with Gasteiger partial charge in [-0.1, -0.05) is 43.2 Å². The van der Waals surface area contributed by atoms with Crippen LogP contribution in [-0.2, 0) is 14.9 Å². The van der Waals surface area contributed by atoms with Gasteiger partial charge in [-0.3, -0.25) is 4.79 Å². The van der Waals surface area contributed by atoms with Crippen LogP contribution >= 0.6 is 0 Å². The molecule has 1 saturated carbocycles. The zero-order valence-corrected chi connectivity index (χ0v) is 15.0. The maximum atomic E-state index is 13.2. The number of benzene rings is 1. The normalized spacial score (nSPS) is 33.3. The molecule has 2 atom stereocenters. The molecule has 1 aliphatic carbocycles. The van der Waals surface area contributed by atoms with Gasteiger partial charge in [-0.25, -0.2) is 0 Å². The van der Waals surface area contributed by atoms with E-state index >= 15 is 0 Å². The zero-order chi connectivity index (χ0) is 16.8. The number of piperidine rings is 1. The Morgan fingerprint density at radius 3 is 2.21 bits per heavy atom. The van der Waals surface area contributed by atoms with Gasteiger partial charge in [0.1, 0.15) is 6.10 Å². The van der Waals surface area contributed by atoms with Gasteiger partial charge in [-0.15, -0.1) is 0 Å². The van der Waals surface area contributed by atoms with Crippen molar-refractivity contribution in [1.82, 2.24) is 0 Å². The molecule has 2 heterocycles. The molecule has 3 heteroatoms. The summed E-state index contributed by atoms with van der Waals surface area (Å²) < 4.78 is 7.28. The van der Waals surface area contributed by atoms with Crippen molar-refractivity contribution in [3.8, 4) is 0 Å². The second kappa shape index (κ2) is 5.87. The van der Waals surface area contributed by atoms with E-state index < -0.39 is 0 Å². The van der Waals surface area contributed by atoms with E-state index in [0.717, 1.165) is 48.6 Å². The topological polar surface area (TPSA) is 26.3 Å². The number of rotatable bonds is 3. The maximum absolute atomic E-state index is 13.2. The molecular weight excluding hydrogens is 298 g/mol. The van der Waals surface area contributed by atoms with Crippen LogP contribution in [0.2, 0.25) is 0 Å². The number of carbonyl (C=O) groups excluding carboxylic acids is 1. The first kappa shape index (κ1) is 16.1. The fraction of sp³-hybridized carbons (Fsp3) is 0.667.